The summed E-state index contributed by atoms with van der Waals surface area (Å²) in [5, 5.41) is 0. The van der Waals surface area contributed by atoms with Gasteiger partial charge in [0.15, 0.2) is 11.3 Å². The molecule has 5 aromatic rings. The molecule has 3 heterocycles. The van der Waals surface area contributed by atoms with E-state index in [0.717, 1.165) is 28.2 Å². The van der Waals surface area contributed by atoms with Crippen molar-refractivity contribution in [3.05, 3.63) is 66.0 Å². The zero-order chi connectivity index (χ0) is 20.8. The van der Waals surface area contributed by atoms with Crippen molar-refractivity contribution in [2.45, 2.75) is 39.5 Å². The van der Waals surface area contributed by atoms with E-state index in [1.807, 2.05) is 6.07 Å². The second kappa shape index (κ2) is 7.10. The molecule has 0 spiro atoms. The monoisotopic (exact) mass is 395 g/mol. The Morgan fingerprint density at radius 3 is 1.80 bits per heavy atom. The van der Waals surface area contributed by atoms with Gasteiger partial charge in [-0.2, -0.15) is 0 Å². The minimum Gasteiger partial charge on any atom is -0.340 e. The molecular formula is C25H25N5. The van der Waals surface area contributed by atoms with Crippen LogP contribution in [0.2, 0.25) is 0 Å². The van der Waals surface area contributed by atoms with Crippen LogP contribution in [0.25, 0.3) is 44.8 Å². The molecule has 5 nitrogen and oxygen atoms in total. The van der Waals surface area contributed by atoms with Crippen molar-refractivity contribution in [3.63, 3.8) is 0 Å². The van der Waals surface area contributed by atoms with E-state index in [9.17, 15) is 0 Å². The van der Waals surface area contributed by atoms with Crippen LogP contribution in [0.4, 0.5) is 0 Å². The van der Waals surface area contributed by atoms with Gasteiger partial charge in [0.1, 0.15) is 11.6 Å². The smallest absolute Gasteiger partial charge is 0.180 e. The molecule has 0 bridgehead atoms. The SMILES string of the molecule is CC(C)c1ccc(-c2ccc(-c3nc4nc5nc(C(C)C)[nH]c5cc4[nH]3)cc2)cc1. The maximum absolute atomic E-state index is 4.70. The lowest BCUT2D eigenvalue weighted by atomic mass is 9.98. The summed E-state index contributed by atoms with van der Waals surface area (Å²) in [5.41, 5.74) is 8.05. The molecule has 0 saturated heterocycles. The lowest BCUT2D eigenvalue weighted by Crippen LogP contribution is -1.88. The lowest BCUT2D eigenvalue weighted by molar-refractivity contribution is 0.798. The number of aromatic nitrogens is 5. The average molecular weight is 396 g/mol. The first kappa shape index (κ1) is 18.6. The van der Waals surface area contributed by atoms with Gasteiger partial charge in [0.2, 0.25) is 0 Å². The van der Waals surface area contributed by atoms with Crippen molar-refractivity contribution in [1.29, 1.82) is 0 Å². The third-order valence-corrected chi connectivity index (χ3v) is 5.56. The van der Waals surface area contributed by atoms with E-state index in [2.05, 4.69) is 96.2 Å². The highest BCUT2D eigenvalue weighted by Gasteiger charge is 2.12. The zero-order valence-electron chi connectivity index (χ0n) is 17.7. The van der Waals surface area contributed by atoms with Gasteiger partial charge in [0.05, 0.1) is 11.0 Å². The lowest BCUT2D eigenvalue weighted by Gasteiger charge is -2.07. The van der Waals surface area contributed by atoms with Gasteiger partial charge in [-0.1, -0.05) is 76.2 Å². The molecule has 0 saturated carbocycles. The summed E-state index contributed by atoms with van der Waals surface area (Å²) in [7, 11) is 0. The first-order valence-corrected chi connectivity index (χ1v) is 10.4. The first-order chi connectivity index (χ1) is 14.5. The summed E-state index contributed by atoms with van der Waals surface area (Å²) in [6, 6.07) is 19.3. The van der Waals surface area contributed by atoms with Crippen molar-refractivity contribution < 1.29 is 0 Å². The van der Waals surface area contributed by atoms with E-state index in [1.54, 1.807) is 0 Å². The molecule has 0 amide bonds. The van der Waals surface area contributed by atoms with Crippen LogP contribution in [0.3, 0.4) is 0 Å². The Kier molecular flexibility index (Phi) is 4.39. The number of H-pyrrole nitrogens is 2. The molecule has 2 aromatic carbocycles. The van der Waals surface area contributed by atoms with Crippen LogP contribution in [0, 0.1) is 0 Å². The summed E-state index contributed by atoms with van der Waals surface area (Å²) in [4.78, 5) is 20.7. The fourth-order valence-electron chi connectivity index (χ4n) is 3.68. The molecule has 30 heavy (non-hydrogen) atoms. The normalized spacial score (nSPS) is 11.9. The van der Waals surface area contributed by atoms with Gasteiger partial charge in [-0.15, -0.1) is 0 Å². The van der Waals surface area contributed by atoms with E-state index in [0.29, 0.717) is 23.1 Å². The van der Waals surface area contributed by atoms with Crippen LogP contribution < -0.4 is 0 Å². The van der Waals surface area contributed by atoms with Gasteiger partial charge < -0.3 is 9.97 Å². The van der Waals surface area contributed by atoms with E-state index in [-0.39, 0.29) is 0 Å². The van der Waals surface area contributed by atoms with Crippen molar-refractivity contribution in [2.24, 2.45) is 0 Å². The molecular weight excluding hydrogens is 370 g/mol. The summed E-state index contributed by atoms with van der Waals surface area (Å²) in [5.74, 6) is 2.64. The van der Waals surface area contributed by atoms with Gasteiger partial charge in [0, 0.05) is 11.5 Å². The molecule has 0 aliphatic rings. The molecule has 0 aliphatic carbocycles. The topological polar surface area (TPSA) is 70.2 Å². The number of benzene rings is 2. The average Bonchev–Trinajstić information content (AvgIpc) is 3.35. The number of fused-ring (bicyclic) bond motifs is 2. The van der Waals surface area contributed by atoms with Crippen molar-refractivity contribution in [2.75, 3.05) is 0 Å². The Balaban J connectivity index is 1.46. The minimum atomic E-state index is 0.334. The second-order valence-electron chi connectivity index (χ2n) is 8.45. The largest absolute Gasteiger partial charge is 0.340 e. The maximum atomic E-state index is 4.70. The summed E-state index contributed by atoms with van der Waals surface area (Å²) in [6.07, 6.45) is 0. The van der Waals surface area contributed by atoms with E-state index < -0.39 is 0 Å². The number of hydrogen-bond donors (Lipinski definition) is 2. The maximum Gasteiger partial charge on any atom is 0.180 e. The van der Waals surface area contributed by atoms with Crippen LogP contribution in [0.5, 0.6) is 0 Å². The number of imidazole rings is 2. The van der Waals surface area contributed by atoms with Crippen molar-refractivity contribution in [3.8, 4) is 22.5 Å². The number of nitrogens with one attached hydrogen (secondary N) is 2. The molecule has 150 valence electrons. The Morgan fingerprint density at radius 2 is 1.17 bits per heavy atom. The fraction of sp³-hybridized carbons (Fsp3) is 0.240. The van der Waals surface area contributed by atoms with Crippen LogP contribution in [-0.4, -0.2) is 24.9 Å². The van der Waals surface area contributed by atoms with Crippen LogP contribution in [0.15, 0.2) is 54.6 Å². The van der Waals surface area contributed by atoms with Gasteiger partial charge in [-0.3, -0.25) is 0 Å². The molecule has 0 fully saturated rings. The van der Waals surface area contributed by atoms with Gasteiger partial charge >= 0.3 is 0 Å². The predicted molar refractivity (Wildman–Crippen MR) is 123 cm³/mol. The van der Waals surface area contributed by atoms with E-state index in [1.165, 1.54) is 16.7 Å². The highest BCUT2D eigenvalue weighted by atomic mass is 15.1. The zero-order valence-corrected chi connectivity index (χ0v) is 17.7. The summed E-state index contributed by atoms with van der Waals surface area (Å²) < 4.78 is 0. The van der Waals surface area contributed by atoms with E-state index in [4.69, 9.17) is 4.98 Å². The number of aromatic amines is 2. The molecule has 0 radical (unpaired) electrons. The Hall–Kier alpha value is -3.47. The molecule has 5 heteroatoms. The highest BCUT2D eigenvalue weighted by molar-refractivity contribution is 5.87. The van der Waals surface area contributed by atoms with Crippen LogP contribution in [-0.2, 0) is 0 Å². The van der Waals surface area contributed by atoms with Gasteiger partial charge in [-0.25, -0.2) is 15.0 Å². The molecule has 0 unspecified atom stereocenters. The van der Waals surface area contributed by atoms with Crippen LogP contribution >= 0.6 is 0 Å². The Bertz CT molecular complexity index is 1270. The fourth-order valence-corrected chi connectivity index (χ4v) is 3.68. The number of pyridine rings is 1. The summed E-state index contributed by atoms with van der Waals surface area (Å²) >= 11 is 0. The number of nitrogens with zero attached hydrogens (tertiary/aromatic N) is 3. The third-order valence-electron chi connectivity index (χ3n) is 5.56. The third kappa shape index (κ3) is 3.26. The molecule has 0 aliphatic heterocycles. The van der Waals surface area contributed by atoms with E-state index >= 15 is 0 Å². The predicted octanol–water partition coefficient (Wildman–Crippen LogP) is 6.42. The van der Waals surface area contributed by atoms with Crippen molar-refractivity contribution >= 4 is 22.3 Å². The highest BCUT2D eigenvalue weighted by Crippen LogP contribution is 2.27. The Labute approximate surface area is 175 Å². The standard InChI is InChI=1S/C25H25N5/c1-14(2)16-5-7-17(8-6-16)18-9-11-19(12-10-18)23-27-21-13-20-24(30-25(21)29-23)28-22(26-20)15(3)4/h5-15H,1-4H3,(H2,26,27,28,29,30). The van der Waals surface area contributed by atoms with Crippen molar-refractivity contribution in [1.82, 2.24) is 24.9 Å². The second-order valence-corrected chi connectivity index (χ2v) is 8.45. The summed E-state index contributed by atoms with van der Waals surface area (Å²) in [6.45, 7) is 8.66. The molecule has 5 rings (SSSR count). The Morgan fingerprint density at radius 1 is 0.600 bits per heavy atom. The van der Waals surface area contributed by atoms with Gasteiger partial charge in [-0.05, 0) is 28.7 Å². The molecule has 2 N–H and O–H groups in total. The first-order valence-electron chi connectivity index (χ1n) is 10.4. The molecule has 0 atom stereocenters. The van der Waals surface area contributed by atoms with Gasteiger partial charge in [0.25, 0.3) is 0 Å². The number of hydrogen-bond acceptors (Lipinski definition) is 3. The molecule has 3 aromatic heterocycles. The minimum absolute atomic E-state index is 0.334. The quantitative estimate of drug-likeness (QED) is 0.369. The van der Waals surface area contributed by atoms with Crippen LogP contribution in [0.1, 0.15) is 50.9 Å². The number of rotatable bonds is 4.